The first-order valence-corrected chi connectivity index (χ1v) is 18.1. The number of ether oxygens (including phenoxy) is 4. The van der Waals surface area contributed by atoms with Gasteiger partial charge >= 0.3 is 11.9 Å². The van der Waals surface area contributed by atoms with Crippen molar-refractivity contribution in [2.24, 2.45) is 0 Å². The van der Waals surface area contributed by atoms with Gasteiger partial charge in [0.05, 0.1) is 26.3 Å². The third-order valence-corrected chi connectivity index (χ3v) is 8.44. The molecule has 0 unspecified atom stereocenters. The molecular weight excluding hydrogens is 681 g/mol. The zero-order valence-electron chi connectivity index (χ0n) is 31.3. The third-order valence-electron chi connectivity index (χ3n) is 8.44. The lowest BCUT2D eigenvalue weighted by molar-refractivity contribution is -0.138. The number of hydrogen-bond acceptors (Lipinski definition) is 10. The van der Waals surface area contributed by atoms with Gasteiger partial charge in [-0.2, -0.15) is 10.5 Å². The molecule has 10 heteroatoms. The van der Waals surface area contributed by atoms with E-state index in [0.717, 1.165) is 58.2 Å². The van der Waals surface area contributed by atoms with Gasteiger partial charge in [0.15, 0.2) is 0 Å². The SMILES string of the molecule is CCOC(=O)C(C#N)=Cc1ccc(N(CC)CCOc2ccc(-c3ccc(OCCN(CC)c4ccc(C=C(C#N)C(=O)OCC)cc4)cc3)cc2)cc1. The number of likely N-dealkylation sites (N-methyl/N-ethyl adjacent to an activating group) is 2. The van der Waals surface area contributed by atoms with Gasteiger partial charge in [-0.1, -0.05) is 48.5 Å². The van der Waals surface area contributed by atoms with Gasteiger partial charge in [0.2, 0.25) is 0 Å². The summed E-state index contributed by atoms with van der Waals surface area (Å²) in [5.74, 6) is 0.325. The van der Waals surface area contributed by atoms with Gasteiger partial charge in [0.1, 0.15) is 48.0 Å². The minimum absolute atomic E-state index is 0.0313. The predicted octanol–water partition coefficient (Wildman–Crippen LogP) is 8.10. The minimum Gasteiger partial charge on any atom is -0.492 e. The second kappa shape index (κ2) is 21.1. The van der Waals surface area contributed by atoms with Gasteiger partial charge in [-0.15, -0.1) is 0 Å². The van der Waals surface area contributed by atoms with E-state index in [9.17, 15) is 20.1 Å². The number of nitrogens with zero attached hydrogens (tertiary/aromatic N) is 4. The number of hydrogen-bond donors (Lipinski definition) is 0. The Hall–Kier alpha value is -6.52. The second-order valence-electron chi connectivity index (χ2n) is 11.9. The highest BCUT2D eigenvalue weighted by Gasteiger charge is 2.12. The van der Waals surface area contributed by atoms with Crippen molar-refractivity contribution < 1.29 is 28.5 Å². The minimum atomic E-state index is -0.623. The zero-order valence-corrected chi connectivity index (χ0v) is 31.3. The van der Waals surface area contributed by atoms with Crippen LogP contribution in [0.15, 0.2) is 108 Å². The van der Waals surface area contributed by atoms with Gasteiger partial charge in [-0.25, -0.2) is 9.59 Å². The smallest absolute Gasteiger partial charge is 0.348 e. The predicted molar refractivity (Wildman–Crippen MR) is 212 cm³/mol. The Morgan fingerprint density at radius 2 is 0.907 bits per heavy atom. The van der Waals surface area contributed by atoms with Crippen molar-refractivity contribution in [2.45, 2.75) is 27.7 Å². The molecule has 0 aliphatic rings. The number of rotatable bonds is 19. The Kier molecular flexibility index (Phi) is 15.7. The average molecular weight is 727 g/mol. The van der Waals surface area contributed by atoms with Crippen LogP contribution >= 0.6 is 0 Å². The maximum Gasteiger partial charge on any atom is 0.348 e. The Bertz CT molecular complexity index is 1810. The lowest BCUT2D eigenvalue weighted by atomic mass is 10.1. The summed E-state index contributed by atoms with van der Waals surface area (Å²) in [5, 5.41) is 18.6. The van der Waals surface area contributed by atoms with Crippen LogP contribution in [0.3, 0.4) is 0 Å². The molecule has 10 nitrogen and oxygen atoms in total. The summed E-state index contributed by atoms with van der Waals surface area (Å²) in [6.45, 7) is 12.0. The van der Waals surface area contributed by atoms with Crippen molar-refractivity contribution in [3.63, 3.8) is 0 Å². The molecule has 0 N–H and O–H groups in total. The monoisotopic (exact) mass is 726 g/mol. The zero-order chi connectivity index (χ0) is 38.7. The van der Waals surface area contributed by atoms with Gasteiger partial charge in [0.25, 0.3) is 0 Å². The summed E-state index contributed by atoms with van der Waals surface area (Å²) in [6, 6.07) is 35.2. The highest BCUT2D eigenvalue weighted by molar-refractivity contribution is 5.98. The maximum atomic E-state index is 11.9. The molecule has 0 atom stereocenters. The molecule has 0 saturated heterocycles. The van der Waals surface area contributed by atoms with E-state index >= 15 is 0 Å². The molecule has 0 aliphatic heterocycles. The van der Waals surface area contributed by atoms with Crippen molar-refractivity contribution in [3.05, 3.63) is 119 Å². The molecule has 0 spiro atoms. The number of nitriles is 2. The topological polar surface area (TPSA) is 125 Å². The van der Waals surface area contributed by atoms with Gasteiger partial charge < -0.3 is 28.7 Å². The van der Waals surface area contributed by atoms with Crippen LogP contribution in [-0.2, 0) is 19.1 Å². The normalized spacial score (nSPS) is 11.1. The van der Waals surface area contributed by atoms with Crippen LogP contribution in [0.2, 0.25) is 0 Å². The fourth-order valence-corrected chi connectivity index (χ4v) is 5.56. The Morgan fingerprint density at radius 1 is 0.556 bits per heavy atom. The van der Waals surface area contributed by atoms with Crippen LogP contribution in [0.4, 0.5) is 11.4 Å². The van der Waals surface area contributed by atoms with Crippen LogP contribution in [0, 0.1) is 22.7 Å². The van der Waals surface area contributed by atoms with E-state index in [1.165, 1.54) is 12.2 Å². The van der Waals surface area contributed by atoms with Crippen LogP contribution < -0.4 is 19.3 Å². The van der Waals surface area contributed by atoms with Gasteiger partial charge in [-0.05, 0) is 111 Å². The number of carbonyl (C=O) groups is 2. The van der Waals surface area contributed by atoms with Crippen molar-refractivity contribution in [1.82, 2.24) is 0 Å². The number of carbonyl (C=O) groups excluding carboxylic acids is 2. The molecule has 4 aromatic carbocycles. The Morgan fingerprint density at radius 3 is 1.20 bits per heavy atom. The molecule has 0 bridgehead atoms. The Labute approximate surface area is 318 Å². The number of esters is 2. The number of anilines is 2. The van der Waals surface area contributed by atoms with Crippen LogP contribution in [0.1, 0.15) is 38.8 Å². The highest BCUT2D eigenvalue weighted by atomic mass is 16.5. The first kappa shape index (κ1) is 40.3. The Balaban J connectivity index is 1.24. The first-order valence-electron chi connectivity index (χ1n) is 18.1. The summed E-state index contributed by atoms with van der Waals surface area (Å²) >= 11 is 0. The van der Waals surface area contributed by atoms with Crippen molar-refractivity contribution in [3.8, 4) is 34.8 Å². The molecule has 278 valence electrons. The van der Waals surface area contributed by atoms with E-state index in [2.05, 4.69) is 23.6 Å². The van der Waals surface area contributed by atoms with Crippen LogP contribution in [0.25, 0.3) is 23.3 Å². The molecular formula is C44H46N4O6. The summed E-state index contributed by atoms with van der Waals surface area (Å²) < 4.78 is 22.0. The fourth-order valence-electron chi connectivity index (χ4n) is 5.56. The van der Waals surface area contributed by atoms with E-state index in [-0.39, 0.29) is 24.4 Å². The van der Waals surface area contributed by atoms with Crippen molar-refractivity contribution >= 4 is 35.5 Å². The standard InChI is InChI=1S/C44H46N4O6/c1-5-47(39-17-9-33(10-18-39)29-37(31-45)43(49)51-7-3)25-27-53-41-21-13-35(14-22-41)36-15-23-42(24-16-36)54-28-26-48(6-2)40-19-11-34(12-20-40)30-38(32-46)44(50)52-8-4/h9-24,29-30H,5-8,25-28H2,1-4H3. The van der Waals surface area contributed by atoms with Gasteiger partial charge in [0, 0.05) is 24.5 Å². The molecule has 0 amide bonds. The molecule has 0 aromatic heterocycles. The van der Waals surface area contributed by atoms with Crippen LogP contribution in [-0.4, -0.2) is 64.5 Å². The van der Waals surface area contributed by atoms with E-state index in [4.69, 9.17) is 18.9 Å². The average Bonchev–Trinajstić information content (AvgIpc) is 3.20. The molecule has 0 fully saturated rings. The summed E-state index contributed by atoms with van der Waals surface area (Å²) in [6.07, 6.45) is 3.06. The van der Waals surface area contributed by atoms with E-state index in [0.29, 0.717) is 26.3 Å². The summed E-state index contributed by atoms with van der Waals surface area (Å²) in [4.78, 5) is 28.2. The number of benzene rings is 4. The molecule has 0 radical (unpaired) electrons. The van der Waals surface area contributed by atoms with Crippen LogP contribution in [0.5, 0.6) is 11.5 Å². The van der Waals surface area contributed by atoms with Crippen molar-refractivity contribution in [1.29, 1.82) is 10.5 Å². The molecule has 54 heavy (non-hydrogen) atoms. The summed E-state index contributed by atoms with van der Waals surface area (Å²) in [5.41, 5.74) is 5.61. The molecule has 4 aromatic rings. The third kappa shape index (κ3) is 11.8. The lowest BCUT2D eigenvalue weighted by Crippen LogP contribution is -2.28. The fraction of sp³-hybridized carbons (Fsp3) is 0.273. The largest absolute Gasteiger partial charge is 0.492 e. The van der Waals surface area contributed by atoms with E-state index in [1.54, 1.807) is 13.8 Å². The quantitative estimate of drug-likeness (QED) is 0.0532. The second-order valence-corrected chi connectivity index (χ2v) is 11.9. The first-order chi connectivity index (χ1) is 26.3. The molecule has 4 rings (SSSR count). The van der Waals surface area contributed by atoms with E-state index in [1.807, 2.05) is 109 Å². The summed E-state index contributed by atoms with van der Waals surface area (Å²) in [7, 11) is 0. The lowest BCUT2D eigenvalue weighted by Gasteiger charge is -2.23. The maximum absolute atomic E-state index is 11.9. The molecule has 0 heterocycles. The van der Waals surface area contributed by atoms with Crippen molar-refractivity contribution in [2.75, 3.05) is 62.4 Å². The molecule has 0 saturated carbocycles. The van der Waals surface area contributed by atoms with Gasteiger partial charge in [-0.3, -0.25) is 0 Å². The highest BCUT2D eigenvalue weighted by Crippen LogP contribution is 2.25. The molecule has 0 aliphatic carbocycles. The van der Waals surface area contributed by atoms with E-state index < -0.39 is 11.9 Å².